The summed E-state index contributed by atoms with van der Waals surface area (Å²) in [4.78, 5) is 19.6. The van der Waals surface area contributed by atoms with Crippen molar-refractivity contribution in [1.29, 1.82) is 0 Å². The van der Waals surface area contributed by atoms with Gasteiger partial charge in [-0.25, -0.2) is 4.98 Å². The lowest BCUT2D eigenvalue weighted by molar-refractivity contribution is -0.137. The molecule has 3 nitrogen and oxygen atoms in total. The summed E-state index contributed by atoms with van der Waals surface area (Å²) in [5.41, 5.74) is 0.526. The van der Waals surface area contributed by atoms with Crippen LogP contribution in [-0.2, 0) is 6.18 Å². The Morgan fingerprint density at radius 1 is 1.28 bits per heavy atom. The Labute approximate surface area is 148 Å². The molecule has 0 spiro atoms. The minimum atomic E-state index is -4.36. The molecule has 25 heavy (non-hydrogen) atoms. The number of benzene rings is 1. The summed E-state index contributed by atoms with van der Waals surface area (Å²) in [6.45, 7) is 5.39. The van der Waals surface area contributed by atoms with Gasteiger partial charge >= 0.3 is 6.18 Å². The summed E-state index contributed by atoms with van der Waals surface area (Å²) in [5.74, 6) is 0.458. The summed E-state index contributed by atoms with van der Waals surface area (Å²) in [7, 11) is 0. The quantitative estimate of drug-likeness (QED) is 0.747. The van der Waals surface area contributed by atoms with E-state index in [1.807, 2.05) is 4.90 Å². The second kappa shape index (κ2) is 6.78. The second-order valence-corrected chi connectivity index (χ2v) is 7.51. The molecule has 2 heterocycles. The highest BCUT2D eigenvalue weighted by Gasteiger charge is 2.30. The van der Waals surface area contributed by atoms with Crippen LogP contribution in [0.4, 0.5) is 13.2 Å². The molecule has 1 unspecified atom stereocenters. The second-order valence-electron chi connectivity index (χ2n) is 6.51. The molecule has 3 rings (SSSR count). The molecule has 1 aromatic carbocycles. The van der Waals surface area contributed by atoms with Crippen LogP contribution < -0.4 is 0 Å². The number of aryl methyl sites for hydroxylation is 1. The number of alkyl halides is 3. The molecule has 7 heteroatoms. The van der Waals surface area contributed by atoms with Crippen LogP contribution in [0.3, 0.4) is 0 Å². The molecule has 1 saturated heterocycles. The van der Waals surface area contributed by atoms with Crippen LogP contribution in [0.5, 0.6) is 0 Å². The Bertz CT molecular complexity index is 768. The molecular formula is C18H19F3N2OS. The number of piperidine rings is 1. The molecule has 2 aromatic rings. The molecule has 0 N–H and O–H groups in total. The number of nitrogens with zero attached hydrogens (tertiary/aromatic N) is 2. The number of hydrogen-bond donors (Lipinski definition) is 0. The van der Waals surface area contributed by atoms with E-state index in [9.17, 15) is 18.0 Å². The first-order valence-electron chi connectivity index (χ1n) is 8.20. The zero-order valence-corrected chi connectivity index (χ0v) is 14.9. The SMILES string of the molecule is Cc1nc(-c2ccc(C(F)(F)F)cc2)sc1C(=O)N1CCCC(C)C1. The van der Waals surface area contributed by atoms with Crippen molar-refractivity contribution in [2.45, 2.75) is 32.9 Å². The maximum absolute atomic E-state index is 12.7. The lowest BCUT2D eigenvalue weighted by Crippen LogP contribution is -2.39. The predicted octanol–water partition coefficient (Wildman–Crippen LogP) is 5.01. The van der Waals surface area contributed by atoms with Gasteiger partial charge in [0.05, 0.1) is 11.3 Å². The Kier molecular flexibility index (Phi) is 4.86. The maximum atomic E-state index is 12.7. The number of halogens is 3. The summed E-state index contributed by atoms with van der Waals surface area (Å²) in [5, 5.41) is 0.569. The van der Waals surface area contributed by atoms with Crippen molar-refractivity contribution in [3.8, 4) is 10.6 Å². The smallest absolute Gasteiger partial charge is 0.338 e. The fourth-order valence-electron chi connectivity index (χ4n) is 3.04. The number of carbonyl (C=O) groups is 1. The molecule has 1 atom stereocenters. The summed E-state index contributed by atoms with van der Waals surface area (Å²) in [6, 6.07) is 4.89. The van der Waals surface area contributed by atoms with E-state index in [1.54, 1.807) is 6.92 Å². The van der Waals surface area contributed by atoms with E-state index in [4.69, 9.17) is 0 Å². The number of hydrogen-bond acceptors (Lipinski definition) is 3. The van der Waals surface area contributed by atoms with Gasteiger partial charge in [0.1, 0.15) is 9.88 Å². The van der Waals surface area contributed by atoms with E-state index in [0.717, 1.165) is 38.1 Å². The third kappa shape index (κ3) is 3.86. The molecule has 1 aromatic heterocycles. The molecular weight excluding hydrogens is 349 g/mol. The van der Waals surface area contributed by atoms with E-state index in [-0.39, 0.29) is 5.91 Å². The van der Waals surface area contributed by atoms with Gasteiger partial charge < -0.3 is 4.90 Å². The maximum Gasteiger partial charge on any atom is 0.416 e. The highest BCUT2D eigenvalue weighted by atomic mass is 32.1. The number of amides is 1. The number of thiazole rings is 1. The van der Waals surface area contributed by atoms with Crippen molar-refractivity contribution in [3.63, 3.8) is 0 Å². The lowest BCUT2D eigenvalue weighted by atomic mass is 10.0. The average Bonchev–Trinajstić information content (AvgIpc) is 2.95. The molecule has 134 valence electrons. The van der Waals surface area contributed by atoms with Crippen LogP contribution in [0.15, 0.2) is 24.3 Å². The van der Waals surface area contributed by atoms with E-state index >= 15 is 0 Å². The molecule has 1 aliphatic rings. The van der Waals surface area contributed by atoms with Gasteiger partial charge in [0, 0.05) is 18.7 Å². The van der Waals surface area contributed by atoms with Gasteiger partial charge in [0.2, 0.25) is 0 Å². The highest BCUT2D eigenvalue weighted by molar-refractivity contribution is 7.17. The Balaban J connectivity index is 1.83. The normalized spacial score (nSPS) is 18.4. The highest BCUT2D eigenvalue weighted by Crippen LogP contribution is 2.33. The van der Waals surface area contributed by atoms with Crippen molar-refractivity contribution in [2.24, 2.45) is 5.92 Å². The van der Waals surface area contributed by atoms with Gasteiger partial charge in [-0.05, 0) is 37.8 Å². The summed E-state index contributed by atoms with van der Waals surface area (Å²) < 4.78 is 38.0. The first kappa shape index (κ1) is 17.9. The van der Waals surface area contributed by atoms with Crippen molar-refractivity contribution in [1.82, 2.24) is 9.88 Å². The van der Waals surface area contributed by atoms with Gasteiger partial charge in [-0.3, -0.25) is 4.79 Å². The summed E-state index contributed by atoms with van der Waals surface area (Å²) in [6.07, 6.45) is -2.23. The molecule has 0 radical (unpaired) electrons. The van der Waals surface area contributed by atoms with Crippen molar-refractivity contribution in [2.75, 3.05) is 13.1 Å². The largest absolute Gasteiger partial charge is 0.416 e. The van der Waals surface area contributed by atoms with E-state index in [2.05, 4.69) is 11.9 Å². The minimum Gasteiger partial charge on any atom is -0.338 e. The minimum absolute atomic E-state index is 0.0280. The molecule has 0 saturated carbocycles. The topological polar surface area (TPSA) is 33.2 Å². The van der Waals surface area contributed by atoms with Gasteiger partial charge in [-0.2, -0.15) is 13.2 Å². The standard InChI is InChI=1S/C18H19F3N2OS/c1-11-4-3-9-23(10-11)17(24)15-12(2)22-16(25-15)13-5-7-14(8-6-13)18(19,20)21/h5-8,11H,3-4,9-10H2,1-2H3. The van der Waals surface area contributed by atoms with E-state index < -0.39 is 11.7 Å². The number of likely N-dealkylation sites (tertiary alicyclic amines) is 1. The summed E-state index contributed by atoms with van der Waals surface area (Å²) >= 11 is 1.25. The Hall–Kier alpha value is -1.89. The molecule has 1 aliphatic heterocycles. The number of rotatable bonds is 2. The van der Waals surface area contributed by atoms with Crippen LogP contribution >= 0.6 is 11.3 Å². The lowest BCUT2D eigenvalue weighted by Gasteiger charge is -2.30. The van der Waals surface area contributed by atoms with Gasteiger partial charge in [0.25, 0.3) is 5.91 Å². The van der Waals surface area contributed by atoms with Crippen molar-refractivity contribution >= 4 is 17.2 Å². The molecule has 1 amide bonds. The Morgan fingerprint density at radius 3 is 2.56 bits per heavy atom. The third-order valence-electron chi connectivity index (χ3n) is 4.39. The molecule has 0 bridgehead atoms. The van der Waals surface area contributed by atoms with Gasteiger partial charge in [0.15, 0.2) is 0 Å². The Morgan fingerprint density at radius 2 is 1.96 bits per heavy atom. The van der Waals surface area contributed by atoms with E-state index in [1.165, 1.54) is 23.5 Å². The first-order valence-corrected chi connectivity index (χ1v) is 9.01. The fourth-order valence-corrected chi connectivity index (χ4v) is 4.08. The van der Waals surface area contributed by atoms with Gasteiger partial charge in [-0.15, -0.1) is 11.3 Å². The average molecular weight is 368 g/mol. The van der Waals surface area contributed by atoms with Crippen LogP contribution in [0, 0.1) is 12.8 Å². The zero-order valence-electron chi connectivity index (χ0n) is 14.1. The van der Waals surface area contributed by atoms with Crippen LogP contribution in [0.2, 0.25) is 0 Å². The third-order valence-corrected chi connectivity index (χ3v) is 5.59. The van der Waals surface area contributed by atoms with Gasteiger partial charge in [-0.1, -0.05) is 19.1 Å². The molecule has 0 aliphatic carbocycles. The fraction of sp³-hybridized carbons (Fsp3) is 0.444. The number of carbonyl (C=O) groups excluding carboxylic acids is 1. The van der Waals surface area contributed by atoms with Crippen LogP contribution in [0.25, 0.3) is 10.6 Å². The monoisotopic (exact) mass is 368 g/mol. The zero-order chi connectivity index (χ0) is 18.2. The van der Waals surface area contributed by atoms with Crippen molar-refractivity contribution < 1.29 is 18.0 Å². The molecule has 1 fully saturated rings. The first-order chi connectivity index (χ1) is 11.8. The number of aromatic nitrogens is 1. The van der Waals surface area contributed by atoms with Crippen LogP contribution in [-0.4, -0.2) is 28.9 Å². The van der Waals surface area contributed by atoms with Crippen LogP contribution in [0.1, 0.15) is 40.7 Å². The van der Waals surface area contributed by atoms with E-state index in [0.29, 0.717) is 27.1 Å². The van der Waals surface area contributed by atoms with Crippen molar-refractivity contribution in [3.05, 3.63) is 40.4 Å². The predicted molar refractivity (Wildman–Crippen MR) is 91.6 cm³/mol.